The first kappa shape index (κ1) is 22.4. The van der Waals surface area contributed by atoms with Crippen LogP contribution in [0.3, 0.4) is 0 Å². The summed E-state index contributed by atoms with van der Waals surface area (Å²) >= 11 is 0. The van der Waals surface area contributed by atoms with Crippen molar-refractivity contribution < 1.29 is 0 Å². The van der Waals surface area contributed by atoms with Crippen molar-refractivity contribution in [3.63, 3.8) is 0 Å². The standard InChI is InChI=1S/C37H23N3/c1-38-27-18-22-37-33(24-27)31-12-6-8-14-35(31)40(37)29-19-15-25(16-20-29)26-17-21-36-32(23-26)30-11-5-7-13-34(30)39(36)28-9-3-2-4-10-28/h2-24H. The van der Waals surface area contributed by atoms with E-state index in [1.807, 2.05) is 12.1 Å². The highest BCUT2D eigenvalue weighted by Crippen LogP contribution is 2.37. The van der Waals surface area contributed by atoms with E-state index in [1.54, 1.807) is 0 Å². The molecule has 8 rings (SSSR count). The topological polar surface area (TPSA) is 14.2 Å². The fourth-order valence-corrected chi connectivity index (χ4v) is 6.12. The van der Waals surface area contributed by atoms with Crippen LogP contribution in [-0.2, 0) is 0 Å². The quantitative estimate of drug-likeness (QED) is 0.210. The van der Waals surface area contributed by atoms with E-state index in [4.69, 9.17) is 6.57 Å². The molecule has 0 fully saturated rings. The lowest BCUT2D eigenvalue weighted by molar-refractivity contribution is 1.18. The minimum atomic E-state index is 0.662. The van der Waals surface area contributed by atoms with Crippen LogP contribution in [0.25, 0.3) is 71.0 Å². The van der Waals surface area contributed by atoms with E-state index in [0.717, 1.165) is 27.5 Å². The lowest BCUT2D eigenvalue weighted by atomic mass is 10.0. The third kappa shape index (κ3) is 3.30. The highest BCUT2D eigenvalue weighted by Gasteiger charge is 2.15. The molecule has 0 N–H and O–H groups in total. The van der Waals surface area contributed by atoms with Gasteiger partial charge in [0.2, 0.25) is 0 Å². The summed E-state index contributed by atoms with van der Waals surface area (Å²) in [5.74, 6) is 0. The minimum absolute atomic E-state index is 0.662. The maximum Gasteiger partial charge on any atom is 0.188 e. The van der Waals surface area contributed by atoms with Gasteiger partial charge in [-0.05, 0) is 77.2 Å². The van der Waals surface area contributed by atoms with Crippen molar-refractivity contribution in [2.75, 3.05) is 0 Å². The Morgan fingerprint density at radius 3 is 1.55 bits per heavy atom. The van der Waals surface area contributed by atoms with Crippen LogP contribution in [0, 0.1) is 6.57 Å². The SMILES string of the molecule is [C-]#[N+]c1ccc2c(c1)c1ccccc1n2-c1ccc(-c2ccc3c(c2)c2ccccc2n3-c2ccccc2)cc1. The van der Waals surface area contributed by atoms with E-state index >= 15 is 0 Å². The van der Waals surface area contributed by atoms with Crippen LogP contribution in [0.1, 0.15) is 0 Å². The first-order valence-electron chi connectivity index (χ1n) is 13.4. The highest BCUT2D eigenvalue weighted by atomic mass is 15.0. The molecule has 0 bridgehead atoms. The molecule has 0 aliphatic carbocycles. The number of rotatable bonds is 3. The van der Waals surface area contributed by atoms with Gasteiger partial charge in [-0.15, -0.1) is 0 Å². The molecule has 6 aromatic carbocycles. The van der Waals surface area contributed by atoms with Gasteiger partial charge in [0, 0.05) is 27.5 Å². The molecule has 0 saturated heterocycles. The molecule has 2 heterocycles. The zero-order valence-corrected chi connectivity index (χ0v) is 21.6. The molecule has 0 aliphatic rings. The van der Waals surface area contributed by atoms with E-state index in [-0.39, 0.29) is 0 Å². The predicted molar refractivity (Wildman–Crippen MR) is 167 cm³/mol. The van der Waals surface area contributed by atoms with E-state index in [0.29, 0.717) is 5.69 Å². The lowest BCUT2D eigenvalue weighted by Crippen LogP contribution is -1.94. The third-order valence-corrected chi connectivity index (χ3v) is 7.93. The van der Waals surface area contributed by atoms with Crippen molar-refractivity contribution in [1.29, 1.82) is 0 Å². The first-order chi connectivity index (χ1) is 19.8. The van der Waals surface area contributed by atoms with Gasteiger partial charge in [-0.25, -0.2) is 4.85 Å². The molecule has 3 heteroatoms. The molecule has 2 aromatic heterocycles. The number of para-hydroxylation sites is 3. The fourth-order valence-electron chi connectivity index (χ4n) is 6.12. The predicted octanol–water partition coefficient (Wildman–Crippen LogP) is 10.1. The van der Waals surface area contributed by atoms with E-state index in [9.17, 15) is 0 Å². The molecule has 0 atom stereocenters. The molecule has 0 amide bonds. The van der Waals surface area contributed by atoms with Crippen LogP contribution in [-0.4, -0.2) is 9.13 Å². The second kappa shape index (κ2) is 8.73. The number of hydrogen-bond donors (Lipinski definition) is 0. The van der Waals surface area contributed by atoms with Crippen LogP contribution >= 0.6 is 0 Å². The molecule has 40 heavy (non-hydrogen) atoms. The summed E-state index contributed by atoms with van der Waals surface area (Å²) in [6.07, 6.45) is 0. The van der Waals surface area contributed by atoms with E-state index < -0.39 is 0 Å². The molecule has 8 aromatic rings. The van der Waals surface area contributed by atoms with Crippen molar-refractivity contribution in [2.45, 2.75) is 0 Å². The summed E-state index contributed by atoms with van der Waals surface area (Å²) < 4.78 is 4.64. The molecule has 0 unspecified atom stereocenters. The average Bonchev–Trinajstić information content (AvgIpc) is 3.54. The van der Waals surface area contributed by atoms with E-state index in [2.05, 4.69) is 141 Å². The Kier molecular flexibility index (Phi) is 4.89. The molecular formula is C37H23N3. The van der Waals surface area contributed by atoms with Crippen molar-refractivity contribution in [3.05, 3.63) is 151 Å². The number of nitrogens with zero attached hydrogens (tertiary/aromatic N) is 3. The maximum absolute atomic E-state index is 7.46. The summed E-state index contributed by atoms with van der Waals surface area (Å²) in [6, 6.07) is 49.2. The van der Waals surface area contributed by atoms with Crippen LogP contribution in [0.5, 0.6) is 0 Å². The largest absolute Gasteiger partial charge is 0.309 e. The Labute approximate surface area is 231 Å². The molecule has 186 valence electrons. The van der Waals surface area contributed by atoms with Gasteiger partial charge in [-0.2, -0.15) is 0 Å². The monoisotopic (exact) mass is 509 g/mol. The Balaban J connectivity index is 1.27. The normalized spacial score (nSPS) is 11.5. The van der Waals surface area contributed by atoms with Crippen molar-refractivity contribution >= 4 is 49.3 Å². The summed E-state index contributed by atoms with van der Waals surface area (Å²) in [7, 11) is 0. The van der Waals surface area contributed by atoms with Crippen molar-refractivity contribution in [1.82, 2.24) is 9.13 Å². The molecule has 0 saturated carbocycles. The van der Waals surface area contributed by atoms with Gasteiger partial charge in [0.1, 0.15) is 0 Å². The Morgan fingerprint density at radius 1 is 0.400 bits per heavy atom. The van der Waals surface area contributed by atoms with E-state index in [1.165, 1.54) is 38.6 Å². The van der Waals surface area contributed by atoms with Gasteiger partial charge in [0.15, 0.2) is 5.69 Å². The molecule has 0 spiro atoms. The van der Waals surface area contributed by atoms with Crippen LogP contribution in [0.2, 0.25) is 0 Å². The number of hydrogen-bond acceptors (Lipinski definition) is 0. The minimum Gasteiger partial charge on any atom is -0.309 e. The smallest absolute Gasteiger partial charge is 0.188 e. The van der Waals surface area contributed by atoms with Gasteiger partial charge < -0.3 is 9.13 Å². The van der Waals surface area contributed by atoms with Gasteiger partial charge in [-0.3, -0.25) is 0 Å². The van der Waals surface area contributed by atoms with Gasteiger partial charge in [0.05, 0.1) is 28.6 Å². The summed E-state index contributed by atoms with van der Waals surface area (Å²) in [4.78, 5) is 3.65. The van der Waals surface area contributed by atoms with Crippen molar-refractivity contribution in [3.8, 4) is 22.5 Å². The third-order valence-electron chi connectivity index (χ3n) is 7.93. The number of fused-ring (bicyclic) bond motifs is 6. The summed E-state index contributed by atoms with van der Waals surface area (Å²) in [5, 5.41) is 4.77. The Bertz CT molecular complexity index is 2260. The van der Waals surface area contributed by atoms with Gasteiger partial charge in [-0.1, -0.05) is 78.9 Å². The van der Waals surface area contributed by atoms with Gasteiger partial charge in [0.25, 0.3) is 0 Å². The fraction of sp³-hybridized carbons (Fsp3) is 0. The molecule has 0 radical (unpaired) electrons. The second-order valence-corrected chi connectivity index (χ2v) is 10.1. The van der Waals surface area contributed by atoms with Crippen molar-refractivity contribution in [2.24, 2.45) is 0 Å². The molecular weight excluding hydrogens is 486 g/mol. The van der Waals surface area contributed by atoms with Crippen LogP contribution < -0.4 is 0 Å². The number of benzene rings is 6. The summed E-state index contributed by atoms with van der Waals surface area (Å²) in [5.41, 5.74) is 9.97. The van der Waals surface area contributed by atoms with Crippen LogP contribution in [0.15, 0.2) is 140 Å². The zero-order valence-electron chi connectivity index (χ0n) is 21.6. The number of aromatic nitrogens is 2. The Hall–Kier alpha value is -5.59. The second-order valence-electron chi connectivity index (χ2n) is 10.1. The zero-order chi connectivity index (χ0) is 26.6. The summed E-state index contributed by atoms with van der Waals surface area (Å²) in [6.45, 7) is 7.46. The van der Waals surface area contributed by atoms with Gasteiger partial charge >= 0.3 is 0 Å². The first-order valence-corrected chi connectivity index (χ1v) is 13.4. The molecule has 0 aliphatic heterocycles. The van der Waals surface area contributed by atoms with Crippen LogP contribution in [0.4, 0.5) is 5.69 Å². The maximum atomic E-state index is 7.46. The molecule has 3 nitrogen and oxygen atoms in total. The highest BCUT2D eigenvalue weighted by molar-refractivity contribution is 6.11. The lowest BCUT2D eigenvalue weighted by Gasteiger charge is -2.10. The Morgan fingerprint density at radius 2 is 0.900 bits per heavy atom. The average molecular weight is 510 g/mol.